The average Bonchev–Trinajstić information content (AvgIpc) is 3.36. The van der Waals surface area contributed by atoms with Crippen molar-refractivity contribution in [2.75, 3.05) is 17.6 Å². The molecule has 3 heterocycles. The summed E-state index contributed by atoms with van der Waals surface area (Å²) >= 11 is 3.15. The summed E-state index contributed by atoms with van der Waals surface area (Å²) in [6, 6.07) is 9.31. The van der Waals surface area contributed by atoms with Gasteiger partial charge in [-0.25, -0.2) is 4.98 Å². The summed E-state index contributed by atoms with van der Waals surface area (Å²) in [5.74, 6) is 0.198. The van der Waals surface area contributed by atoms with Gasteiger partial charge in [0.25, 0.3) is 5.91 Å². The van der Waals surface area contributed by atoms with Gasteiger partial charge >= 0.3 is 0 Å². The predicted molar refractivity (Wildman–Crippen MR) is 116 cm³/mol. The van der Waals surface area contributed by atoms with Crippen LogP contribution in [0.2, 0.25) is 0 Å². The van der Waals surface area contributed by atoms with Gasteiger partial charge in [0.1, 0.15) is 0 Å². The van der Waals surface area contributed by atoms with Crippen LogP contribution in [0.4, 0.5) is 5.69 Å². The van der Waals surface area contributed by atoms with Gasteiger partial charge in [-0.15, -0.1) is 11.3 Å². The number of nitrogens with zero attached hydrogens (tertiary/aromatic N) is 3. The van der Waals surface area contributed by atoms with Crippen molar-refractivity contribution in [1.29, 1.82) is 0 Å². The summed E-state index contributed by atoms with van der Waals surface area (Å²) in [6.07, 6.45) is 4.46. The summed E-state index contributed by atoms with van der Waals surface area (Å²) in [5, 5.41) is 5.76. The molecule has 0 saturated carbocycles. The van der Waals surface area contributed by atoms with Crippen molar-refractivity contribution < 1.29 is 9.59 Å². The number of anilines is 1. The monoisotopic (exact) mass is 426 g/mol. The quantitative estimate of drug-likeness (QED) is 0.627. The molecule has 3 aromatic rings. The van der Waals surface area contributed by atoms with Crippen molar-refractivity contribution in [1.82, 2.24) is 14.5 Å². The molecule has 1 atom stereocenters. The van der Waals surface area contributed by atoms with Crippen LogP contribution in [-0.4, -0.2) is 38.6 Å². The van der Waals surface area contributed by atoms with E-state index in [0.29, 0.717) is 11.3 Å². The number of thiophene rings is 1. The number of carbonyl (C=O) groups is 2. The third-order valence-electron chi connectivity index (χ3n) is 5.06. The molecule has 1 N–H and O–H groups in total. The number of fused-ring (bicyclic) bond motifs is 1. The van der Waals surface area contributed by atoms with Gasteiger partial charge < -0.3 is 14.8 Å². The minimum atomic E-state index is -0.105. The van der Waals surface area contributed by atoms with Gasteiger partial charge in [-0.05, 0) is 54.6 Å². The fraction of sp³-hybridized carbons (Fsp3) is 0.286. The number of thioether (sulfide) groups is 1. The second-order valence-corrected chi connectivity index (χ2v) is 8.90. The molecular weight excluding hydrogens is 404 g/mol. The van der Waals surface area contributed by atoms with Crippen molar-refractivity contribution in [2.45, 2.75) is 24.5 Å². The Morgan fingerprint density at radius 1 is 1.28 bits per heavy atom. The van der Waals surface area contributed by atoms with E-state index in [1.807, 2.05) is 22.7 Å². The molecule has 0 bridgehead atoms. The van der Waals surface area contributed by atoms with Crippen LogP contribution >= 0.6 is 23.1 Å². The molecule has 150 valence electrons. The number of carbonyl (C=O) groups excluding carboxylic acids is 2. The number of aryl methyl sites for hydroxylation is 1. The van der Waals surface area contributed by atoms with Gasteiger partial charge in [-0.3, -0.25) is 9.59 Å². The lowest BCUT2D eigenvalue weighted by molar-refractivity contribution is -0.113. The van der Waals surface area contributed by atoms with Crippen molar-refractivity contribution in [2.24, 2.45) is 7.05 Å². The highest BCUT2D eigenvalue weighted by Gasteiger charge is 2.28. The van der Waals surface area contributed by atoms with Crippen LogP contribution in [0, 0.1) is 0 Å². The summed E-state index contributed by atoms with van der Waals surface area (Å²) in [4.78, 5) is 32.6. The zero-order chi connectivity index (χ0) is 20.4. The highest BCUT2D eigenvalue weighted by molar-refractivity contribution is 7.99. The highest BCUT2D eigenvalue weighted by atomic mass is 32.2. The number of rotatable bonds is 5. The van der Waals surface area contributed by atoms with E-state index in [-0.39, 0.29) is 23.6 Å². The highest BCUT2D eigenvalue weighted by Crippen LogP contribution is 2.33. The number of benzene rings is 1. The molecule has 1 aliphatic heterocycles. The summed E-state index contributed by atoms with van der Waals surface area (Å²) < 4.78 is 1.87. The van der Waals surface area contributed by atoms with E-state index < -0.39 is 0 Å². The Morgan fingerprint density at radius 3 is 2.79 bits per heavy atom. The van der Waals surface area contributed by atoms with Crippen LogP contribution in [-0.2, 0) is 18.3 Å². The van der Waals surface area contributed by atoms with E-state index in [1.165, 1.54) is 22.2 Å². The molecule has 29 heavy (non-hydrogen) atoms. The molecule has 2 aromatic heterocycles. The molecule has 0 spiro atoms. The van der Waals surface area contributed by atoms with E-state index in [4.69, 9.17) is 0 Å². The minimum absolute atomic E-state index is 0.0255. The Balaban J connectivity index is 1.36. The average molecular weight is 427 g/mol. The standard InChI is InChI=1S/C21H22N4O2S2/c1-14-17-8-12-28-18(17)7-10-25(14)20(27)15-3-5-16(6-4-15)23-19(26)13-29-21-22-9-11-24(21)2/h3-6,8-9,11-12,14H,7,10,13H2,1-2H3,(H,23,26). The molecule has 0 radical (unpaired) electrons. The maximum absolute atomic E-state index is 13.0. The molecule has 1 aromatic carbocycles. The molecular formula is C21H22N4O2S2. The molecule has 1 aliphatic rings. The first-order valence-electron chi connectivity index (χ1n) is 9.40. The first-order valence-corrected chi connectivity index (χ1v) is 11.3. The van der Waals surface area contributed by atoms with Crippen molar-refractivity contribution in [3.05, 3.63) is 64.1 Å². The lowest BCUT2D eigenvalue weighted by Crippen LogP contribution is -2.38. The van der Waals surface area contributed by atoms with E-state index >= 15 is 0 Å². The molecule has 0 saturated heterocycles. The van der Waals surface area contributed by atoms with Crippen LogP contribution in [0.3, 0.4) is 0 Å². The molecule has 1 unspecified atom stereocenters. The third-order valence-corrected chi connectivity index (χ3v) is 7.12. The minimum Gasteiger partial charge on any atom is -0.331 e. The smallest absolute Gasteiger partial charge is 0.254 e. The molecule has 0 aliphatic carbocycles. The Kier molecular flexibility index (Phi) is 5.73. The Labute approximate surface area is 177 Å². The van der Waals surface area contributed by atoms with E-state index in [0.717, 1.165) is 18.1 Å². The fourth-order valence-corrected chi connectivity index (χ4v) is 5.16. The summed E-state index contributed by atoms with van der Waals surface area (Å²) in [6.45, 7) is 2.81. The van der Waals surface area contributed by atoms with E-state index in [1.54, 1.807) is 41.8 Å². The van der Waals surface area contributed by atoms with Gasteiger partial charge in [0, 0.05) is 42.1 Å². The second kappa shape index (κ2) is 8.42. The predicted octanol–water partition coefficient (Wildman–Crippen LogP) is 3.97. The number of hydrogen-bond acceptors (Lipinski definition) is 5. The van der Waals surface area contributed by atoms with Gasteiger partial charge in [-0.2, -0.15) is 0 Å². The summed E-state index contributed by atoms with van der Waals surface area (Å²) in [5.41, 5.74) is 2.57. The molecule has 6 nitrogen and oxygen atoms in total. The summed E-state index contributed by atoms with van der Waals surface area (Å²) in [7, 11) is 1.89. The van der Waals surface area contributed by atoms with E-state index in [2.05, 4.69) is 28.7 Å². The molecule has 2 amide bonds. The van der Waals surface area contributed by atoms with Crippen molar-refractivity contribution >= 4 is 40.6 Å². The van der Waals surface area contributed by atoms with Gasteiger partial charge in [-0.1, -0.05) is 11.8 Å². The van der Waals surface area contributed by atoms with Crippen LogP contribution in [0.5, 0.6) is 0 Å². The normalized spacial score (nSPS) is 15.8. The fourth-order valence-electron chi connectivity index (χ4n) is 3.47. The number of hydrogen-bond donors (Lipinski definition) is 1. The SMILES string of the molecule is CC1c2ccsc2CCN1C(=O)c1ccc(NC(=O)CSc2nccn2C)cc1. The Bertz CT molecular complexity index is 1030. The van der Waals surface area contributed by atoms with Gasteiger partial charge in [0.2, 0.25) is 5.91 Å². The lowest BCUT2D eigenvalue weighted by atomic mass is 10.0. The lowest BCUT2D eigenvalue weighted by Gasteiger charge is -2.33. The maximum Gasteiger partial charge on any atom is 0.254 e. The second-order valence-electron chi connectivity index (χ2n) is 6.96. The Hall–Kier alpha value is -2.58. The number of nitrogens with one attached hydrogen (secondary N) is 1. The van der Waals surface area contributed by atoms with Crippen molar-refractivity contribution in [3.8, 4) is 0 Å². The third kappa shape index (κ3) is 4.23. The number of amides is 2. The van der Waals surface area contributed by atoms with Crippen LogP contribution in [0.1, 0.15) is 33.8 Å². The van der Waals surface area contributed by atoms with Crippen LogP contribution < -0.4 is 5.32 Å². The molecule has 0 fully saturated rings. The first kappa shape index (κ1) is 19.7. The zero-order valence-electron chi connectivity index (χ0n) is 16.3. The first-order chi connectivity index (χ1) is 14.0. The van der Waals surface area contributed by atoms with Gasteiger partial charge in [0.05, 0.1) is 11.8 Å². The number of aromatic nitrogens is 2. The topological polar surface area (TPSA) is 67.2 Å². The van der Waals surface area contributed by atoms with Gasteiger partial charge in [0.15, 0.2) is 5.16 Å². The molecule has 8 heteroatoms. The Morgan fingerprint density at radius 2 is 2.07 bits per heavy atom. The number of imidazole rings is 1. The van der Waals surface area contributed by atoms with E-state index in [9.17, 15) is 9.59 Å². The van der Waals surface area contributed by atoms with Crippen LogP contribution in [0.15, 0.2) is 53.3 Å². The zero-order valence-corrected chi connectivity index (χ0v) is 17.9. The van der Waals surface area contributed by atoms with Crippen molar-refractivity contribution in [3.63, 3.8) is 0 Å². The maximum atomic E-state index is 13.0. The molecule has 4 rings (SSSR count). The van der Waals surface area contributed by atoms with Crippen LogP contribution in [0.25, 0.3) is 0 Å². The largest absolute Gasteiger partial charge is 0.331 e.